The third kappa shape index (κ3) is 4.32. The normalized spacial score (nSPS) is 25.1. The molecule has 2 fully saturated rings. The molecule has 4 atom stereocenters. The summed E-state index contributed by atoms with van der Waals surface area (Å²) < 4.78 is 5.55. The van der Waals surface area contributed by atoms with E-state index in [-0.39, 0.29) is 36.3 Å². The Balaban J connectivity index is 1.09. The van der Waals surface area contributed by atoms with E-state index in [2.05, 4.69) is 34.9 Å². The van der Waals surface area contributed by atoms with E-state index in [1.807, 2.05) is 24.3 Å². The van der Waals surface area contributed by atoms with Crippen LogP contribution in [0, 0.1) is 17.8 Å². The molecule has 0 saturated heterocycles. The predicted molar refractivity (Wildman–Crippen MR) is 122 cm³/mol. The summed E-state index contributed by atoms with van der Waals surface area (Å²) in [6.07, 6.45) is 2.35. The summed E-state index contributed by atoms with van der Waals surface area (Å²) in [5.74, 6) is -1.54. The zero-order valence-corrected chi connectivity index (χ0v) is 18.3. The summed E-state index contributed by atoms with van der Waals surface area (Å²) >= 11 is 0. The van der Waals surface area contributed by atoms with Crippen LogP contribution in [0.3, 0.4) is 0 Å². The first-order valence-electron chi connectivity index (χ1n) is 11.6. The molecule has 33 heavy (non-hydrogen) atoms. The fourth-order valence-electron chi connectivity index (χ4n) is 5.38. The van der Waals surface area contributed by atoms with Crippen LogP contribution in [0.2, 0.25) is 0 Å². The molecule has 5 rings (SSSR count). The summed E-state index contributed by atoms with van der Waals surface area (Å²) in [6, 6.07) is 16.1. The number of aliphatic carboxylic acids is 1. The Hall–Kier alpha value is -3.35. The van der Waals surface area contributed by atoms with E-state index >= 15 is 0 Å². The maximum atomic E-state index is 12.5. The number of amides is 2. The first kappa shape index (κ1) is 21.5. The lowest BCUT2D eigenvalue weighted by atomic mass is 9.98. The van der Waals surface area contributed by atoms with E-state index in [9.17, 15) is 19.5 Å². The Bertz CT molecular complexity index is 1040. The lowest BCUT2D eigenvalue weighted by Gasteiger charge is -2.17. The van der Waals surface area contributed by atoms with Crippen LogP contribution in [0.1, 0.15) is 42.7 Å². The molecule has 2 amide bonds. The quantitative estimate of drug-likeness (QED) is 0.601. The van der Waals surface area contributed by atoms with Gasteiger partial charge in [-0.25, -0.2) is 4.79 Å². The Labute approximate surface area is 192 Å². The van der Waals surface area contributed by atoms with Crippen molar-refractivity contribution in [2.45, 2.75) is 37.6 Å². The number of carbonyl (C=O) groups excluding carboxylic acids is 2. The first-order valence-corrected chi connectivity index (χ1v) is 11.6. The molecule has 0 spiro atoms. The maximum absolute atomic E-state index is 12.5. The maximum Gasteiger partial charge on any atom is 0.407 e. The monoisotopic (exact) mass is 448 g/mol. The molecule has 0 radical (unpaired) electrons. The number of carboxylic acid groups (broad SMARTS) is 1. The van der Waals surface area contributed by atoms with E-state index in [1.54, 1.807) is 0 Å². The largest absolute Gasteiger partial charge is 0.481 e. The SMILES string of the molecule is O=C(NCC1CC1C(=O)NC1CCCC1C(=O)O)OCC1c2ccccc2-c2ccccc21. The van der Waals surface area contributed by atoms with Gasteiger partial charge in [-0.05, 0) is 47.4 Å². The van der Waals surface area contributed by atoms with Crippen LogP contribution in [0.4, 0.5) is 4.79 Å². The number of carboxylic acids is 1. The van der Waals surface area contributed by atoms with Crippen molar-refractivity contribution in [1.82, 2.24) is 10.6 Å². The van der Waals surface area contributed by atoms with Gasteiger partial charge in [-0.3, -0.25) is 9.59 Å². The van der Waals surface area contributed by atoms with Crippen molar-refractivity contribution in [1.29, 1.82) is 0 Å². The minimum absolute atomic E-state index is 0.0104. The average molecular weight is 449 g/mol. The molecule has 0 bridgehead atoms. The highest BCUT2D eigenvalue weighted by Crippen LogP contribution is 2.44. The molecule has 0 heterocycles. The van der Waals surface area contributed by atoms with Crippen molar-refractivity contribution < 1.29 is 24.2 Å². The van der Waals surface area contributed by atoms with E-state index in [4.69, 9.17) is 4.74 Å². The molecular weight excluding hydrogens is 420 g/mol. The second-order valence-electron chi connectivity index (χ2n) is 9.30. The van der Waals surface area contributed by atoms with Gasteiger partial charge in [0.1, 0.15) is 6.61 Å². The standard InChI is InChI=1S/C26H28N2O5/c29-24(28-23-11-5-10-20(23)25(30)31)21-12-15(21)13-27-26(32)33-14-22-18-8-3-1-6-16(18)17-7-2-4-9-19(17)22/h1-4,6-9,15,20-23H,5,10-14H2,(H,27,32)(H,28,29)(H,30,31). The highest BCUT2D eigenvalue weighted by molar-refractivity contribution is 5.83. The number of rotatable bonds is 7. The van der Waals surface area contributed by atoms with Crippen molar-refractivity contribution in [3.05, 3.63) is 59.7 Å². The summed E-state index contributed by atoms with van der Waals surface area (Å²) in [4.78, 5) is 36.1. The third-order valence-corrected chi connectivity index (χ3v) is 7.27. The molecule has 3 aliphatic carbocycles. The molecule has 2 aromatic rings. The molecule has 0 aliphatic heterocycles. The molecule has 0 aromatic heterocycles. The van der Waals surface area contributed by atoms with Gasteiger partial charge in [-0.15, -0.1) is 0 Å². The van der Waals surface area contributed by atoms with Gasteiger partial charge in [-0.1, -0.05) is 55.0 Å². The fraction of sp³-hybridized carbons (Fsp3) is 0.423. The predicted octanol–water partition coefficient (Wildman–Crippen LogP) is 3.53. The first-order chi connectivity index (χ1) is 16.0. The second-order valence-corrected chi connectivity index (χ2v) is 9.30. The zero-order valence-electron chi connectivity index (χ0n) is 18.3. The zero-order chi connectivity index (χ0) is 22.9. The average Bonchev–Trinajstić information content (AvgIpc) is 3.33. The number of hydrogen-bond donors (Lipinski definition) is 3. The molecule has 172 valence electrons. The number of benzene rings is 2. The van der Waals surface area contributed by atoms with Crippen LogP contribution >= 0.6 is 0 Å². The van der Waals surface area contributed by atoms with Crippen molar-refractivity contribution in [3.8, 4) is 11.1 Å². The summed E-state index contributed by atoms with van der Waals surface area (Å²) in [5.41, 5.74) is 4.69. The number of fused-ring (bicyclic) bond motifs is 3. The second kappa shape index (κ2) is 8.89. The minimum atomic E-state index is -0.845. The van der Waals surface area contributed by atoms with Crippen LogP contribution in [0.25, 0.3) is 11.1 Å². The van der Waals surface area contributed by atoms with Crippen LogP contribution in [-0.4, -0.2) is 42.3 Å². The molecule has 3 aliphatic rings. The fourth-order valence-corrected chi connectivity index (χ4v) is 5.38. The topological polar surface area (TPSA) is 105 Å². The van der Waals surface area contributed by atoms with Crippen molar-refractivity contribution >= 4 is 18.0 Å². The van der Waals surface area contributed by atoms with Crippen LogP contribution in [0.5, 0.6) is 0 Å². The lowest BCUT2D eigenvalue weighted by Crippen LogP contribution is -2.41. The minimum Gasteiger partial charge on any atom is -0.481 e. The summed E-state index contributed by atoms with van der Waals surface area (Å²) in [7, 11) is 0. The smallest absolute Gasteiger partial charge is 0.407 e. The number of carbonyl (C=O) groups is 3. The van der Waals surface area contributed by atoms with E-state index in [0.29, 0.717) is 25.8 Å². The number of hydrogen-bond acceptors (Lipinski definition) is 4. The van der Waals surface area contributed by atoms with Crippen molar-refractivity contribution in [2.24, 2.45) is 17.8 Å². The van der Waals surface area contributed by atoms with E-state index in [0.717, 1.165) is 17.5 Å². The third-order valence-electron chi connectivity index (χ3n) is 7.27. The molecule has 7 nitrogen and oxygen atoms in total. The van der Waals surface area contributed by atoms with E-state index in [1.165, 1.54) is 11.1 Å². The van der Waals surface area contributed by atoms with Gasteiger partial charge in [0, 0.05) is 24.4 Å². The van der Waals surface area contributed by atoms with Gasteiger partial charge < -0.3 is 20.5 Å². The van der Waals surface area contributed by atoms with Crippen LogP contribution in [0.15, 0.2) is 48.5 Å². The van der Waals surface area contributed by atoms with Gasteiger partial charge in [0.2, 0.25) is 5.91 Å². The van der Waals surface area contributed by atoms with Crippen LogP contribution < -0.4 is 10.6 Å². The Morgan fingerprint density at radius 2 is 1.61 bits per heavy atom. The molecule has 2 aromatic carbocycles. The summed E-state index contributed by atoms with van der Waals surface area (Å²) in [5, 5.41) is 15.0. The van der Waals surface area contributed by atoms with E-state index < -0.39 is 18.0 Å². The Morgan fingerprint density at radius 1 is 0.939 bits per heavy atom. The van der Waals surface area contributed by atoms with Gasteiger partial charge in [-0.2, -0.15) is 0 Å². The van der Waals surface area contributed by atoms with Crippen molar-refractivity contribution in [2.75, 3.05) is 13.2 Å². The molecule has 4 unspecified atom stereocenters. The number of alkyl carbamates (subject to hydrolysis) is 1. The Morgan fingerprint density at radius 3 is 2.27 bits per heavy atom. The number of ether oxygens (including phenoxy) is 1. The van der Waals surface area contributed by atoms with Crippen molar-refractivity contribution in [3.63, 3.8) is 0 Å². The molecule has 7 heteroatoms. The van der Waals surface area contributed by atoms with Gasteiger partial charge in [0.25, 0.3) is 0 Å². The van der Waals surface area contributed by atoms with Gasteiger partial charge >= 0.3 is 12.1 Å². The lowest BCUT2D eigenvalue weighted by molar-refractivity contribution is -0.142. The molecule has 2 saturated carbocycles. The Kier molecular flexibility index (Phi) is 5.79. The van der Waals surface area contributed by atoms with Crippen LogP contribution in [-0.2, 0) is 14.3 Å². The summed E-state index contributed by atoms with van der Waals surface area (Å²) in [6.45, 7) is 0.633. The highest BCUT2D eigenvalue weighted by Gasteiger charge is 2.45. The molecular formula is C26H28N2O5. The van der Waals surface area contributed by atoms with Gasteiger partial charge in [0.15, 0.2) is 0 Å². The molecule has 3 N–H and O–H groups in total. The highest BCUT2D eigenvalue weighted by atomic mass is 16.5. The van der Waals surface area contributed by atoms with Gasteiger partial charge in [0.05, 0.1) is 5.92 Å². The number of nitrogens with one attached hydrogen (secondary N) is 2.